The highest BCUT2D eigenvalue weighted by molar-refractivity contribution is 6.30. The first-order valence-corrected chi connectivity index (χ1v) is 6.72. The molecule has 3 rings (SSSR count). The van der Waals surface area contributed by atoms with E-state index < -0.39 is 0 Å². The van der Waals surface area contributed by atoms with E-state index in [0.717, 1.165) is 16.5 Å². The smallest absolute Gasteiger partial charge is 0.188 e. The second-order valence-electron chi connectivity index (χ2n) is 4.72. The van der Waals surface area contributed by atoms with E-state index in [1.165, 1.54) is 0 Å². The summed E-state index contributed by atoms with van der Waals surface area (Å²) in [4.78, 5) is 12.4. The van der Waals surface area contributed by atoms with Gasteiger partial charge in [-0.05, 0) is 23.8 Å². The number of para-hydroxylation sites is 1. The van der Waals surface area contributed by atoms with Gasteiger partial charge in [-0.3, -0.25) is 9.48 Å². The Kier molecular flexibility index (Phi) is 3.28. The van der Waals surface area contributed by atoms with Crippen molar-refractivity contribution < 1.29 is 4.79 Å². The highest BCUT2D eigenvalue weighted by atomic mass is 35.5. The molecule has 20 heavy (non-hydrogen) atoms. The first-order chi connectivity index (χ1) is 9.65. The van der Waals surface area contributed by atoms with E-state index in [1.807, 2.05) is 49.5 Å². The molecule has 0 amide bonds. The molecule has 1 aromatic heterocycles. The predicted octanol–water partition coefficient (Wildman–Crippen LogP) is 3.65. The number of aryl methyl sites for hydroxylation is 1. The van der Waals surface area contributed by atoms with Crippen LogP contribution in [-0.4, -0.2) is 15.6 Å². The molecule has 2 aromatic carbocycles. The van der Waals surface area contributed by atoms with E-state index in [1.54, 1.807) is 10.7 Å². The molecular formula is C16H13ClN2O. The fourth-order valence-electron chi connectivity index (χ4n) is 2.34. The summed E-state index contributed by atoms with van der Waals surface area (Å²) in [6.45, 7) is 0. The first-order valence-electron chi connectivity index (χ1n) is 6.34. The Morgan fingerprint density at radius 3 is 2.80 bits per heavy atom. The first kappa shape index (κ1) is 12.9. The Labute approximate surface area is 121 Å². The van der Waals surface area contributed by atoms with Crippen molar-refractivity contribution in [2.24, 2.45) is 7.05 Å². The molecule has 0 aliphatic carbocycles. The third-order valence-corrected chi connectivity index (χ3v) is 3.51. The number of aromatic nitrogens is 2. The molecular weight excluding hydrogens is 272 g/mol. The number of hydrogen-bond acceptors (Lipinski definition) is 2. The van der Waals surface area contributed by atoms with Crippen molar-refractivity contribution in [3.63, 3.8) is 0 Å². The van der Waals surface area contributed by atoms with Gasteiger partial charge in [0, 0.05) is 23.9 Å². The van der Waals surface area contributed by atoms with Crippen LogP contribution in [0.4, 0.5) is 0 Å². The van der Waals surface area contributed by atoms with Crippen LogP contribution < -0.4 is 0 Å². The zero-order chi connectivity index (χ0) is 14.1. The summed E-state index contributed by atoms with van der Waals surface area (Å²) in [5.41, 5.74) is 2.38. The Morgan fingerprint density at radius 2 is 2.00 bits per heavy atom. The molecule has 3 aromatic rings. The number of benzene rings is 2. The molecule has 0 fully saturated rings. The van der Waals surface area contributed by atoms with Gasteiger partial charge in [-0.15, -0.1) is 0 Å². The summed E-state index contributed by atoms with van der Waals surface area (Å²) in [6, 6.07) is 15.1. The topological polar surface area (TPSA) is 34.9 Å². The average molecular weight is 285 g/mol. The zero-order valence-electron chi connectivity index (χ0n) is 11.0. The second-order valence-corrected chi connectivity index (χ2v) is 5.16. The van der Waals surface area contributed by atoms with Gasteiger partial charge in [-0.25, -0.2) is 0 Å². The van der Waals surface area contributed by atoms with Crippen LogP contribution in [0.2, 0.25) is 5.02 Å². The van der Waals surface area contributed by atoms with Gasteiger partial charge >= 0.3 is 0 Å². The third kappa shape index (κ3) is 2.32. The van der Waals surface area contributed by atoms with Gasteiger partial charge in [0.05, 0.1) is 5.52 Å². The SMILES string of the molecule is Cn1nc(C(=O)Cc2cccc(Cl)c2)c2ccccc21. The lowest BCUT2D eigenvalue weighted by molar-refractivity contribution is 0.0989. The quantitative estimate of drug-likeness (QED) is 0.688. The van der Waals surface area contributed by atoms with Gasteiger partial charge in [0.25, 0.3) is 0 Å². The molecule has 3 nitrogen and oxygen atoms in total. The lowest BCUT2D eigenvalue weighted by atomic mass is 10.0. The van der Waals surface area contributed by atoms with Crippen LogP contribution in [0.1, 0.15) is 16.1 Å². The van der Waals surface area contributed by atoms with Crippen molar-refractivity contribution in [2.75, 3.05) is 0 Å². The molecule has 0 spiro atoms. The molecule has 100 valence electrons. The van der Waals surface area contributed by atoms with Gasteiger partial charge in [0.1, 0.15) is 5.69 Å². The van der Waals surface area contributed by atoms with Crippen molar-refractivity contribution in [3.05, 3.63) is 64.8 Å². The summed E-state index contributed by atoms with van der Waals surface area (Å²) in [5.74, 6) is 0.00377. The van der Waals surface area contributed by atoms with E-state index in [9.17, 15) is 4.79 Å². The van der Waals surface area contributed by atoms with Crippen molar-refractivity contribution in [1.82, 2.24) is 9.78 Å². The predicted molar refractivity (Wildman–Crippen MR) is 80.2 cm³/mol. The van der Waals surface area contributed by atoms with E-state index in [4.69, 9.17) is 11.6 Å². The number of fused-ring (bicyclic) bond motifs is 1. The summed E-state index contributed by atoms with van der Waals surface area (Å²) in [5, 5.41) is 5.87. The van der Waals surface area contributed by atoms with Gasteiger partial charge in [0.2, 0.25) is 0 Å². The molecule has 1 heterocycles. The number of hydrogen-bond donors (Lipinski definition) is 0. The molecule has 0 saturated carbocycles. The van der Waals surface area contributed by atoms with Crippen molar-refractivity contribution in [3.8, 4) is 0 Å². The van der Waals surface area contributed by atoms with Gasteiger partial charge in [0.15, 0.2) is 5.78 Å². The normalized spacial score (nSPS) is 10.9. The van der Waals surface area contributed by atoms with E-state index >= 15 is 0 Å². The van der Waals surface area contributed by atoms with Gasteiger partial charge in [-0.1, -0.05) is 41.9 Å². The van der Waals surface area contributed by atoms with Crippen molar-refractivity contribution >= 4 is 28.3 Å². The largest absolute Gasteiger partial charge is 0.292 e. The Hall–Kier alpha value is -2.13. The second kappa shape index (κ2) is 5.10. The third-order valence-electron chi connectivity index (χ3n) is 3.28. The Bertz CT molecular complexity index is 792. The van der Waals surface area contributed by atoms with Crippen LogP contribution in [0, 0.1) is 0 Å². The van der Waals surface area contributed by atoms with Crippen molar-refractivity contribution in [1.29, 1.82) is 0 Å². The summed E-state index contributed by atoms with van der Waals surface area (Å²) >= 11 is 5.94. The molecule has 0 atom stereocenters. The standard InChI is InChI=1S/C16H13ClN2O/c1-19-14-8-3-2-7-13(14)16(18-19)15(20)10-11-5-4-6-12(17)9-11/h2-9H,10H2,1H3. The number of halogens is 1. The summed E-state index contributed by atoms with van der Waals surface area (Å²) in [6.07, 6.45) is 0.307. The fourth-order valence-corrected chi connectivity index (χ4v) is 2.55. The molecule has 0 aliphatic rings. The van der Waals surface area contributed by atoms with Crippen molar-refractivity contribution in [2.45, 2.75) is 6.42 Å². The molecule has 0 bridgehead atoms. The Morgan fingerprint density at radius 1 is 1.20 bits per heavy atom. The van der Waals surface area contributed by atoms with Crippen LogP contribution in [-0.2, 0) is 13.5 Å². The van der Waals surface area contributed by atoms with Gasteiger partial charge in [-0.2, -0.15) is 5.10 Å². The minimum Gasteiger partial charge on any atom is -0.292 e. The maximum absolute atomic E-state index is 12.4. The van der Waals surface area contributed by atoms with E-state index in [-0.39, 0.29) is 5.78 Å². The minimum absolute atomic E-state index is 0.00377. The molecule has 4 heteroatoms. The van der Waals surface area contributed by atoms with E-state index in [0.29, 0.717) is 17.1 Å². The highest BCUT2D eigenvalue weighted by Gasteiger charge is 2.16. The molecule has 0 N–H and O–H groups in total. The zero-order valence-corrected chi connectivity index (χ0v) is 11.8. The number of ketones is 1. The van der Waals surface area contributed by atoms with Gasteiger partial charge < -0.3 is 0 Å². The summed E-state index contributed by atoms with van der Waals surface area (Å²) < 4.78 is 1.74. The maximum atomic E-state index is 12.4. The summed E-state index contributed by atoms with van der Waals surface area (Å²) in [7, 11) is 1.85. The fraction of sp³-hybridized carbons (Fsp3) is 0.125. The monoisotopic (exact) mass is 284 g/mol. The van der Waals surface area contributed by atoms with E-state index in [2.05, 4.69) is 5.10 Å². The minimum atomic E-state index is 0.00377. The lowest BCUT2D eigenvalue weighted by Crippen LogP contribution is -2.05. The molecule has 0 unspecified atom stereocenters. The number of Topliss-reactive ketones (excluding diaryl/α,β-unsaturated/α-hetero) is 1. The number of carbonyl (C=O) groups excluding carboxylic acids is 1. The van der Waals surface area contributed by atoms with Crippen LogP contribution in [0.15, 0.2) is 48.5 Å². The molecule has 0 radical (unpaired) electrons. The highest BCUT2D eigenvalue weighted by Crippen LogP contribution is 2.20. The van der Waals surface area contributed by atoms with Crippen LogP contribution in [0.25, 0.3) is 10.9 Å². The molecule has 0 saturated heterocycles. The average Bonchev–Trinajstić information content (AvgIpc) is 2.77. The molecule has 0 aliphatic heterocycles. The number of nitrogens with zero attached hydrogens (tertiary/aromatic N) is 2. The van der Waals surface area contributed by atoms with Crippen LogP contribution >= 0.6 is 11.6 Å². The lowest BCUT2D eigenvalue weighted by Gasteiger charge is -2.00. The van der Waals surface area contributed by atoms with Crippen LogP contribution in [0.5, 0.6) is 0 Å². The maximum Gasteiger partial charge on any atom is 0.188 e. The Balaban J connectivity index is 1.97. The number of rotatable bonds is 3. The number of carbonyl (C=O) groups is 1. The van der Waals surface area contributed by atoms with Crippen LogP contribution in [0.3, 0.4) is 0 Å².